The molecule has 1 aliphatic rings. The number of pyridine rings is 1. The fraction of sp³-hybridized carbons (Fsp3) is 0.316. The van der Waals surface area contributed by atoms with E-state index in [9.17, 15) is 4.79 Å². The SMILES string of the molecule is Cc1nc(-c2ccco2)ccc1C(=O)N1CCC(c2cn[nH]c2)CC1. The van der Waals surface area contributed by atoms with Crippen molar-refractivity contribution < 1.29 is 9.21 Å². The van der Waals surface area contributed by atoms with Gasteiger partial charge in [-0.3, -0.25) is 9.89 Å². The molecule has 1 amide bonds. The van der Waals surface area contributed by atoms with Gasteiger partial charge in [-0.2, -0.15) is 5.10 Å². The minimum Gasteiger partial charge on any atom is -0.463 e. The molecule has 1 fully saturated rings. The van der Waals surface area contributed by atoms with Crippen molar-refractivity contribution in [3.8, 4) is 11.5 Å². The molecular weight excluding hydrogens is 316 g/mol. The number of aromatic amines is 1. The number of aryl methyl sites for hydroxylation is 1. The average Bonchev–Trinajstić information content (AvgIpc) is 3.35. The number of nitrogens with zero attached hydrogens (tertiary/aromatic N) is 3. The molecule has 0 spiro atoms. The summed E-state index contributed by atoms with van der Waals surface area (Å²) >= 11 is 0. The molecule has 0 bridgehead atoms. The predicted molar refractivity (Wildman–Crippen MR) is 93.1 cm³/mol. The number of amides is 1. The highest BCUT2D eigenvalue weighted by molar-refractivity contribution is 5.95. The molecule has 6 heteroatoms. The lowest BCUT2D eigenvalue weighted by Crippen LogP contribution is -2.38. The molecule has 3 aromatic rings. The van der Waals surface area contributed by atoms with E-state index in [1.807, 2.05) is 48.5 Å². The van der Waals surface area contributed by atoms with Gasteiger partial charge >= 0.3 is 0 Å². The Labute approximate surface area is 145 Å². The van der Waals surface area contributed by atoms with Gasteiger partial charge in [0, 0.05) is 19.3 Å². The van der Waals surface area contributed by atoms with Crippen LogP contribution in [0.25, 0.3) is 11.5 Å². The third kappa shape index (κ3) is 3.07. The number of carbonyl (C=O) groups is 1. The number of nitrogens with one attached hydrogen (secondary N) is 1. The summed E-state index contributed by atoms with van der Waals surface area (Å²) in [6, 6.07) is 7.39. The van der Waals surface area contributed by atoms with Crippen LogP contribution >= 0.6 is 0 Å². The lowest BCUT2D eigenvalue weighted by Gasteiger charge is -2.32. The highest BCUT2D eigenvalue weighted by Crippen LogP contribution is 2.28. The van der Waals surface area contributed by atoms with Crippen molar-refractivity contribution in [2.45, 2.75) is 25.7 Å². The predicted octanol–water partition coefficient (Wildman–Crippen LogP) is 3.39. The van der Waals surface area contributed by atoms with Crippen LogP contribution < -0.4 is 0 Å². The Morgan fingerprint density at radius 2 is 2.12 bits per heavy atom. The number of likely N-dealkylation sites (tertiary alicyclic amines) is 1. The van der Waals surface area contributed by atoms with Crippen LogP contribution in [-0.4, -0.2) is 39.1 Å². The monoisotopic (exact) mass is 336 g/mol. The van der Waals surface area contributed by atoms with Crippen LogP contribution in [-0.2, 0) is 0 Å². The molecule has 1 aliphatic heterocycles. The summed E-state index contributed by atoms with van der Waals surface area (Å²) in [4.78, 5) is 19.3. The summed E-state index contributed by atoms with van der Waals surface area (Å²) in [5.74, 6) is 1.24. The number of rotatable bonds is 3. The van der Waals surface area contributed by atoms with Gasteiger partial charge in [0.2, 0.25) is 0 Å². The molecule has 1 saturated heterocycles. The van der Waals surface area contributed by atoms with Crippen LogP contribution in [0.5, 0.6) is 0 Å². The number of aromatic nitrogens is 3. The zero-order chi connectivity index (χ0) is 17.2. The molecule has 4 rings (SSSR count). The first kappa shape index (κ1) is 15.6. The molecule has 0 saturated carbocycles. The number of piperidine rings is 1. The first-order valence-electron chi connectivity index (χ1n) is 8.52. The smallest absolute Gasteiger partial charge is 0.255 e. The van der Waals surface area contributed by atoms with Crippen molar-refractivity contribution in [2.24, 2.45) is 0 Å². The van der Waals surface area contributed by atoms with E-state index in [1.165, 1.54) is 5.56 Å². The largest absolute Gasteiger partial charge is 0.463 e. The van der Waals surface area contributed by atoms with E-state index >= 15 is 0 Å². The van der Waals surface area contributed by atoms with Gasteiger partial charge < -0.3 is 9.32 Å². The second-order valence-electron chi connectivity index (χ2n) is 6.40. The Kier molecular flexibility index (Phi) is 4.09. The van der Waals surface area contributed by atoms with E-state index in [2.05, 4.69) is 15.2 Å². The molecular formula is C19H20N4O2. The Bertz CT molecular complexity index is 848. The molecule has 4 heterocycles. The standard InChI is InChI=1S/C19H20N4O2/c1-13-16(4-5-17(22-13)18-3-2-10-25-18)19(24)23-8-6-14(7-9-23)15-11-20-21-12-15/h2-5,10-12,14H,6-9H2,1H3,(H,20,21). The van der Waals surface area contributed by atoms with Gasteiger partial charge in [0.15, 0.2) is 5.76 Å². The Balaban J connectivity index is 1.46. The number of hydrogen-bond acceptors (Lipinski definition) is 4. The van der Waals surface area contributed by atoms with Crippen LogP contribution in [0.4, 0.5) is 0 Å². The highest BCUT2D eigenvalue weighted by atomic mass is 16.3. The van der Waals surface area contributed by atoms with E-state index in [-0.39, 0.29) is 5.91 Å². The lowest BCUT2D eigenvalue weighted by molar-refractivity contribution is 0.0712. The maximum atomic E-state index is 12.9. The maximum Gasteiger partial charge on any atom is 0.255 e. The molecule has 6 nitrogen and oxygen atoms in total. The molecule has 0 radical (unpaired) electrons. The van der Waals surface area contributed by atoms with Gasteiger partial charge in [-0.15, -0.1) is 0 Å². The number of furan rings is 1. The molecule has 0 atom stereocenters. The summed E-state index contributed by atoms with van der Waals surface area (Å²) in [5.41, 5.74) is 3.37. The van der Waals surface area contributed by atoms with E-state index in [0.717, 1.165) is 37.3 Å². The fourth-order valence-corrected chi connectivity index (χ4v) is 3.42. The topological polar surface area (TPSA) is 75.0 Å². The van der Waals surface area contributed by atoms with E-state index in [4.69, 9.17) is 4.42 Å². The van der Waals surface area contributed by atoms with Crippen molar-refractivity contribution in [3.63, 3.8) is 0 Å². The molecule has 0 aliphatic carbocycles. The van der Waals surface area contributed by atoms with E-state index in [0.29, 0.717) is 17.2 Å². The van der Waals surface area contributed by atoms with Gasteiger partial charge in [0.25, 0.3) is 5.91 Å². The van der Waals surface area contributed by atoms with E-state index < -0.39 is 0 Å². The highest BCUT2D eigenvalue weighted by Gasteiger charge is 2.26. The summed E-state index contributed by atoms with van der Waals surface area (Å²) in [7, 11) is 0. The molecule has 128 valence electrons. The third-order valence-corrected chi connectivity index (χ3v) is 4.86. The first-order valence-corrected chi connectivity index (χ1v) is 8.52. The average molecular weight is 336 g/mol. The van der Waals surface area contributed by atoms with Gasteiger partial charge in [-0.25, -0.2) is 4.98 Å². The molecule has 25 heavy (non-hydrogen) atoms. The minimum absolute atomic E-state index is 0.0571. The molecule has 3 aromatic heterocycles. The second kappa shape index (κ2) is 6.55. The maximum absolute atomic E-state index is 12.9. The summed E-state index contributed by atoms with van der Waals surface area (Å²) in [6.45, 7) is 3.39. The Morgan fingerprint density at radius 3 is 2.76 bits per heavy atom. The van der Waals surface area contributed by atoms with Gasteiger partial charge in [0.1, 0.15) is 5.69 Å². The summed E-state index contributed by atoms with van der Waals surface area (Å²) in [6.07, 6.45) is 7.37. The Morgan fingerprint density at radius 1 is 1.28 bits per heavy atom. The minimum atomic E-state index is 0.0571. The lowest BCUT2D eigenvalue weighted by atomic mass is 9.91. The van der Waals surface area contributed by atoms with Crippen LogP contribution in [0.2, 0.25) is 0 Å². The molecule has 0 unspecified atom stereocenters. The zero-order valence-electron chi connectivity index (χ0n) is 14.1. The van der Waals surface area contributed by atoms with Crippen LogP contribution in [0.15, 0.2) is 47.3 Å². The normalized spacial score (nSPS) is 15.5. The van der Waals surface area contributed by atoms with Gasteiger partial charge in [-0.1, -0.05) is 0 Å². The summed E-state index contributed by atoms with van der Waals surface area (Å²) in [5, 5.41) is 6.88. The second-order valence-corrected chi connectivity index (χ2v) is 6.40. The number of carbonyl (C=O) groups excluding carboxylic acids is 1. The fourth-order valence-electron chi connectivity index (χ4n) is 3.42. The Hall–Kier alpha value is -2.89. The molecule has 1 N–H and O–H groups in total. The molecule has 0 aromatic carbocycles. The number of H-pyrrole nitrogens is 1. The van der Waals surface area contributed by atoms with Crippen LogP contribution in [0.1, 0.15) is 40.4 Å². The van der Waals surface area contributed by atoms with Gasteiger partial charge in [-0.05, 0) is 55.5 Å². The van der Waals surface area contributed by atoms with Crippen molar-refractivity contribution in [1.82, 2.24) is 20.1 Å². The third-order valence-electron chi connectivity index (χ3n) is 4.86. The van der Waals surface area contributed by atoms with Gasteiger partial charge in [0.05, 0.1) is 23.7 Å². The van der Waals surface area contributed by atoms with Crippen molar-refractivity contribution in [2.75, 3.05) is 13.1 Å². The quantitative estimate of drug-likeness (QED) is 0.795. The van der Waals surface area contributed by atoms with E-state index in [1.54, 1.807) is 6.26 Å². The zero-order valence-corrected chi connectivity index (χ0v) is 14.1. The van der Waals surface area contributed by atoms with Crippen LogP contribution in [0.3, 0.4) is 0 Å². The van der Waals surface area contributed by atoms with Crippen molar-refractivity contribution >= 4 is 5.91 Å². The van der Waals surface area contributed by atoms with Crippen molar-refractivity contribution in [1.29, 1.82) is 0 Å². The van der Waals surface area contributed by atoms with Crippen LogP contribution in [0, 0.1) is 6.92 Å². The first-order chi connectivity index (χ1) is 12.2. The summed E-state index contributed by atoms with van der Waals surface area (Å²) < 4.78 is 5.37. The van der Waals surface area contributed by atoms with Crippen molar-refractivity contribution in [3.05, 3.63) is 59.7 Å². The number of hydrogen-bond donors (Lipinski definition) is 1.